The molecule has 0 aliphatic heterocycles. The first-order valence-corrected chi connectivity index (χ1v) is 11.0. The van der Waals surface area contributed by atoms with Gasteiger partial charge in [0.15, 0.2) is 0 Å². The highest BCUT2D eigenvalue weighted by Gasteiger charge is 2.20. The Kier molecular flexibility index (Phi) is 5.78. The van der Waals surface area contributed by atoms with Gasteiger partial charge in [-0.3, -0.25) is 9.59 Å². The highest BCUT2D eigenvalue weighted by Crippen LogP contribution is 2.28. The maximum absolute atomic E-state index is 12.5. The molecule has 8 heteroatoms. The first-order valence-electron chi connectivity index (χ1n) is 11.0. The molecule has 0 bridgehead atoms. The minimum atomic E-state index is -0.885. The van der Waals surface area contributed by atoms with Crippen LogP contribution in [0.25, 0.3) is 22.1 Å². The zero-order chi connectivity index (χ0) is 23.5. The Hall–Kier alpha value is -4.46. The van der Waals surface area contributed by atoms with Gasteiger partial charge < -0.3 is 20.0 Å². The number of aromatic amines is 1. The van der Waals surface area contributed by atoms with E-state index >= 15 is 0 Å². The van der Waals surface area contributed by atoms with Crippen LogP contribution in [0.1, 0.15) is 30.3 Å². The molecule has 0 radical (unpaired) electrons. The third-order valence-corrected chi connectivity index (χ3v) is 5.77. The maximum atomic E-state index is 12.5. The number of hydrogen-bond acceptors (Lipinski definition) is 4. The standard InChI is InChI=1S/C26H23N5O3/c32-25(13-12-24-29-19-8-4-5-9-20(19)30-24)28-18-10-11-22-21(14-18)27-16-31(22)23(15-26(33)34)17-6-2-1-3-7-17/h1-11,14,16,23H,12-13,15H2,(H,28,32)(H,29,30)(H,33,34). The summed E-state index contributed by atoms with van der Waals surface area (Å²) < 4.78 is 1.87. The number of aliphatic carboxylic acids is 1. The number of carboxylic acid groups (broad SMARTS) is 1. The van der Waals surface area contributed by atoms with Crippen molar-refractivity contribution in [2.24, 2.45) is 0 Å². The van der Waals surface area contributed by atoms with Crippen LogP contribution in [0.15, 0.2) is 79.1 Å². The zero-order valence-electron chi connectivity index (χ0n) is 18.3. The van der Waals surface area contributed by atoms with E-state index in [0.717, 1.165) is 27.9 Å². The third kappa shape index (κ3) is 4.52. The topological polar surface area (TPSA) is 113 Å². The Labute approximate surface area is 195 Å². The fraction of sp³-hybridized carbons (Fsp3) is 0.154. The molecule has 8 nitrogen and oxygen atoms in total. The summed E-state index contributed by atoms with van der Waals surface area (Å²) in [6, 6.07) is 22.4. The van der Waals surface area contributed by atoms with Crippen LogP contribution >= 0.6 is 0 Å². The molecule has 34 heavy (non-hydrogen) atoms. The number of carbonyl (C=O) groups is 2. The Morgan fingerprint density at radius 1 is 1.00 bits per heavy atom. The van der Waals surface area contributed by atoms with Gasteiger partial charge in [0.25, 0.3) is 0 Å². The first kappa shape index (κ1) is 21.4. The van der Waals surface area contributed by atoms with Gasteiger partial charge in [0.2, 0.25) is 5.91 Å². The molecule has 0 saturated carbocycles. The second-order valence-corrected chi connectivity index (χ2v) is 8.13. The molecule has 0 aliphatic carbocycles. The second kappa shape index (κ2) is 9.19. The van der Waals surface area contributed by atoms with Crippen LogP contribution in [-0.4, -0.2) is 36.5 Å². The maximum Gasteiger partial charge on any atom is 0.305 e. The molecule has 3 N–H and O–H groups in total. The Balaban J connectivity index is 1.30. The lowest BCUT2D eigenvalue weighted by molar-refractivity contribution is -0.137. The van der Waals surface area contributed by atoms with Gasteiger partial charge >= 0.3 is 5.97 Å². The van der Waals surface area contributed by atoms with Crippen LogP contribution in [0.5, 0.6) is 0 Å². The summed E-state index contributed by atoms with van der Waals surface area (Å²) in [4.78, 5) is 36.2. The number of imidazole rings is 2. The highest BCUT2D eigenvalue weighted by molar-refractivity contribution is 5.93. The molecule has 0 fully saturated rings. The van der Waals surface area contributed by atoms with Crippen molar-refractivity contribution in [3.63, 3.8) is 0 Å². The molecule has 0 saturated heterocycles. The minimum absolute atomic E-state index is 0.0598. The van der Waals surface area contributed by atoms with Crippen LogP contribution in [0.2, 0.25) is 0 Å². The number of nitrogens with one attached hydrogen (secondary N) is 2. The number of fused-ring (bicyclic) bond motifs is 2. The van der Waals surface area contributed by atoms with E-state index in [4.69, 9.17) is 0 Å². The molecule has 2 heterocycles. The van der Waals surface area contributed by atoms with E-state index in [-0.39, 0.29) is 18.4 Å². The number of rotatable bonds is 8. The molecule has 0 aliphatic rings. The van der Waals surface area contributed by atoms with Crippen LogP contribution in [0.4, 0.5) is 5.69 Å². The molecule has 5 aromatic rings. The highest BCUT2D eigenvalue weighted by atomic mass is 16.4. The van der Waals surface area contributed by atoms with Crippen molar-refractivity contribution in [3.8, 4) is 0 Å². The molecule has 0 spiro atoms. The van der Waals surface area contributed by atoms with Gasteiger partial charge in [0.1, 0.15) is 5.82 Å². The van der Waals surface area contributed by atoms with E-state index in [1.54, 1.807) is 12.4 Å². The SMILES string of the molecule is O=C(O)CC(c1ccccc1)n1cnc2cc(NC(=O)CCc3nc4ccccc4[nH]3)ccc21. The predicted octanol–water partition coefficient (Wildman–Crippen LogP) is 4.55. The molecule has 3 aromatic carbocycles. The quantitative estimate of drug-likeness (QED) is 0.319. The number of aryl methyl sites for hydroxylation is 1. The molecular formula is C26H23N5O3. The monoisotopic (exact) mass is 453 g/mol. The van der Waals surface area contributed by atoms with E-state index in [1.165, 1.54) is 0 Å². The third-order valence-electron chi connectivity index (χ3n) is 5.77. The van der Waals surface area contributed by atoms with Crippen molar-refractivity contribution < 1.29 is 14.7 Å². The average Bonchev–Trinajstić information content (AvgIpc) is 3.45. The van der Waals surface area contributed by atoms with Crippen LogP contribution in [-0.2, 0) is 16.0 Å². The summed E-state index contributed by atoms with van der Waals surface area (Å²) in [6.07, 6.45) is 2.39. The normalized spacial score (nSPS) is 12.1. The number of para-hydroxylation sites is 2. The molecule has 170 valence electrons. The van der Waals surface area contributed by atoms with E-state index in [2.05, 4.69) is 20.3 Å². The number of aromatic nitrogens is 4. The lowest BCUT2D eigenvalue weighted by Gasteiger charge is -2.18. The van der Waals surface area contributed by atoms with E-state index in [1.807, 2.05) is 71.3 Å². The predicted molar refractivity (Wildman–Crippen MR) is 130 cm³/mol. The summed E-state index contributed by atoms with van der Waals surface area (Å²) in [5.74, 6) is -0.229. The number of carboxylic acids is 1. The van der Waals surface area contributed by atoms with E-state index < -0.39 is 5.97 Å². The Morgan fingerprint density at radius 3 is 2.59 bits per heavy atom. The van der Waals surface area contributed by atoms with Gasteiger partial charge in [-0.15, -0.1) is 0 Å². The fourth-order valence-electron chi connectivity index (χ4n) is 4.15. The number of amides is 1. The summed E-state index contributed by atoms with van der Waals surface area (Å²) in [7, 11) is 0. The smallest absolute Gasteiger partial charge is 0.305 e. The number of carbonyl (C=O) groups excluding carboxylic acids is 1. The van der Waals surface area contributed by atoms with E-state index in [0.29, 0.717) is 24.0 Å². The van der Waals surface area contributed by atoms with Crippen molar-refractivity contribution in [2.75, 3.05) is 5.32 Å². The molecule has 1 atom stereocenters. The van der Waals surface area contributed by atoms with E-state index in [9.17, 15) is 14.7 Å². The van der Waals surface area contributed by atoms with Gasteiger partial charge in [0.05, 0.1) is 40.9 Å². The molecular weight excluding hydrogens is 430 g/mol. The van der Waals surface area contributed by atoms with Crippen molar-refractivity contribution in [1.82, 2.24) is 19.5 Å². The van der Waals surface area contributed by atoms with Crippen LogP contribution in [0.3, 0.4) is 0 Å². The fourth-order valence-corrected chi connectivity index (χ4v) is 4.15. The van der Waals surface area contributed by atoms with Crippen molar-refractivity contribution in [2.45, 2.75) is 25.3 Å². The van der Waals surface area contributed by atoms with Gasteiger partial charge in [-0.2, -0.15) is 0 Å². The molecule has 1 unspecified atom stereocenters. The van der Waals surface area contributed by atoms with Crippen LogP contribution < -0.4 is 5.32 Å². The average molecular weight is 454 g/mol. The minimum Gasteiger partial charge on any atom is -0.481 e. The number of benzene rings is 3. The van der Waals surface area contributed by atoms with Gasteiger partial charge in [-0.25, -0.2) is 9.97 Å². The van der Waals surface area contributed by atoms with Crippen molar-refractivity contribution in [3.05, 3.63) is 90.5 Å². The Morgan fingerprint density at radius 2 is 1.79 bits per heavy atom. The molecule has 2 aromatic heterocycles. The Bertz CT molecular complexity index is 1440. The summed E-state index contributed by atoms with van der Waals surface area (Å²) >= 11 is 0. The van der Waals surface area contributed by atoms with Crippen LogP contribution in [0, 0.1) is 0 Å². The largest absolute Gasteiger partial charge is 0.481 e. The summed E-state index contributed by atoms with van der Waals surface area (Å²) in [5.41, 5.74) is 4.86. The van der Waals surface area contributed by atoms with Crippen molar-refractivity contribution >= 4 is 39.6 Å². The molecule has 5 rings (SSSR count). The zero-order valence-corrected chi connectivity index (χ0v) is 18.3. The number of hydrogen-bond donors (Lipinski definition) is 3. The van der Waals surface area contributed by atoms with Crippen molar-refractivity contribution in [1.29, 1.82) is 0 Å². The first-order chi connectivity index (χ1) is 16.6. The van der Waals surface area contributed by atoms with Gasteiger partial charge in [0, 0.05) is 18.5 Å². The van der Waals surface area contributed by atoms with Gasteiger partial charge in [-0.05, 0) is 35.9 Å². The molecule has 1 amide bonds. The summed E-state index contributed by atoms with van der Waals surface area (Å²) in [5, 5.41) is 12.4. The second-order valence-electron chi connectivity index (χ2n) is 8.13. The lowest BCUT2D eigenvalue weighted by atomic mass is 10.0. The number of H-pyrrole nitrogens is 1. The number of anilines is 1. The van der Waals surface area contributed by atoms with Gasteiger partial charge in [-0.1, -0.05) is 42.5 Å². The summed E-state index contributed by atoms with van der Waals surface area (Å²) in [6.45, 7) is 0. The number of nitrogens with zero attached hydrogens (tertiary/aromatic N) is 3. The lowest BCUT2D eigenvalue weighted by Crippen LogP contribution is -2.14.